The third-order valence-electron chi connectivity index (χ3n) is 13.8. The number of hydrogen-bond donors (Lipinski definition) is 4. The lowest BCUT2D eigenvalue weighted by Crippen LogP contribution is -2.61. The minimum Gasteiger partial charge on any atom is -0.461 e. The largest absolute Gasteiger partial charge is 0.461 e. The zero-order chi connectivity index (χ0) is 57.3. The topological polar surface area (TPSA) is 302 Å². The first kappa shape index (κ1) is 59.8. The molecule has 2 fully saturated rings. The van der Waals surface area contributed by atoms with Gasteiger partial charge in [-0.25, -0.2) is 19.6 Å². The van der Waals surface area contributed by atoms with Gasteiger partial charge in [-0.3, -0.25) is 48.3 Å². The van der Waals surface area contributed by atoms with Crippen molar-refractivity contribution < 1.29 is 57.4 Å². The molecule has 0 spiro atoms. The Morgan fingerprint density at radius 3 is 1.32 bits per heavy atom. The quantitative estimate of drug-likeness (QED) is 0.149. The van der Waals surface area contributed by atoms with Crippen LogP contribution in [0.5, 0.6) is 0 Å². The zero-order valence-corrected chi connectivity index (χ0v) is 46.9. The number of esters is 2. The number of amides is 8. The number of benzene rings is 2. The summed E-state index contributed by atoms with van der Waals surface area (Å²) in [5.41, 5.74) is 1.39. The van der Waals surface area contributed by atoms with Crippen molar-refractivity contribution in [3.8, 4) is 0 Å². The molecule has 418 valence electrons. The van der Waals surface area contributed by atoms with Gasteiger partial charge in [0.1, 0.15) is 72.9 Å². The van der Waals surface area contributed by atoms with Gasteiger partial charge in [0.05, 0.1) is 34.5 Å². The van der Waals surface area contributed by atoms with Gasteiger partial charge in [0.15, 0.2) is 0 Å². The number of rotatable bonds is 7. The van der Waals surface area contributed by atoms with E-state index in [0.29, 0.717) is 22.1 Å². The summed E-state index contributed by atoms with van der Waals surface area (Å²) in [4.78, 5) is 165. The van der Waals surface area contributed by atoms with E-state index >= 15 is 4.79 Å². The van der Waals surface area contributed by atoms with Crippen LogP contribution >= 0.6 is 21.6 Å². The molecule has 78 heavy (non-hydrogen) atoms. The fraction of sp³-hybridized carbons (Fsp3) is 0.500. The summed E-state index contributed by atoms with van der Waals surface area (Å²) in [6.07, 6.45) is 2.41. The molecule has 9 unspecified atom stereocenters. The Bertz CT molecular complexity index is 2950. The Kier molecular flexibility index (Phi) is 20.1. The number of cyclic esters (lactones) is 2. The van der Waals surface area contributed by atoms with Gasteiger partial charge in [-0.2, -0.15) is 0 Å². The van der Waals surface area contributed by atoms with Gasteiger partial charge in [-0.1, -0.05) is 80.5 Å². The molecule has 24 nitrogen and oxygen atoms in total. The summed E-state index contributed by atoms with van der Waals surface area (Å²) < 4.78 is 11.6. The first-order valence-corrected chi connectivity index (χ1v) is 27.7. The lowest BCUT2D eigenvalue weighted by atomic mass is 9.89. The molecule has 9 atom stereocenters. The van der Waals surface area contributed by atoms with Gasteiger partial charge in [0.2, 0.25) is 35.4 Å². The molecule has 6 rings (SSSR count). The summed E-state index contributed by atoms with van der Waals surface area (Å²) >= 11 is 0. The average molecular weight is 1120 g/mol. The highest BCUT2D eigenvalue weighted by Crippen LogP contribution is 2.29. The number of aromatic nitrogens is 4. The number of carbonyl (C=O) groups is 10. The first-order valence-electron chi connectivity index (χ1n) is 25.2. The van der Waals surface area contributed by atoms with Gasteiger partial charge in [-0.05, 0) is 55.9 Å². The second-order valence-corrected chi connectivity index (χ2v) is 22.4. The van der Waals surface area contributed by atoms with Crippen molar-refractivity contribution in [1.82, 2.24) is 60.8 Å². The van der Waals surface area contributed by atoms with Crippen LogP contribution in [0.25, 0.3) is 22.1 Å². The molecule has 4 N–H and O–H groups in total. The van der Waals surface area contributed by atoms with Crippen molar-refractivity contribution in [2.75, 3.05) is 52.9 Å². The van der Waals surface area contributed by atoms with E-state index in [2.05, 4.69) is 41.2 Å². The highest BCUT2D eigenvalue weighted by atomic mass is 33.1. The van der Waals surface area contributed by atoms with Crippen LogP contribution in [0.4, 0.5) is 0 Å². The Balaban J connectivity index is 1.41. The summed E-state index contributed by atoms with van der Waals surface area (Å²) in [5.74, 6) is -10.5. The van der Waals surface area contributed by atoms with Crippen molar-refractivity contribution in [1.29, 1.82) is 0 Å². The van der Waals surface area contributed by atoms with E-state index in [1.807, 2.05) is 13.8 Å². The van der Waals surface area contributed by atoms with Crippen LogP contribution in [-0.4, -0.2) is 200 Å². The maximum Gasteiger partial charge on any atom is 0.329 e. The van der Waals surface area contributed by atoms with Gasteiger partial charge in [0.25, 0.3) is 11.8 Å². The molecular weight excluding hydrogens is 1050 g/mol. The number of carbonyl (C=O) groups excluding carboxylic acids is 10. The maximum absolute atomic E-state index is 15.0. The number of nitrogens with zero attached hydrogens (tertiary/aromatic N) is 8. The Hall–Kier alpha value is -7.48. The molecule has 2 aliphatic heterocycles. The van der Waals surface area contributed by atoms with Crippen molar-refractivity contribution in [3.63, 3.8) is 0 Å². The first-order chi connectivity index (χ1) is 36.9. The highest BCUT2D eigenvalue weighted by molar-refractivity contribution is 8.76. The Morgan fingerprint density at radius 1 is 0.564 bits per heavy atom. The van der Waals surface area contributed by atoms with Crippen molar-refractivity contribution in [3.05, 3.63) is 72.3 Å². The van der Waals surface area contributed by atoms with Gasteiger partial charge in [0, 0.05) is 39.7 Å². The molecule has 0 aliphatic carbocycles. The fourth-order valence-corrected chi connectivity index (χ4v) is 11.3. The summed E-state index contributed by atoms with van der Waals surface area (Å²) in [6, 6.07) is 2.08. The third-order valence-corrected chi connectivity index (χ3v) is 16.2. The molecule has 2 aliphatic rings. The second kappa shape index (κ2) is 26.2. The molecule has 4 aromatic rings. The predicted octanol–water partition coefficient (Wildman–Crippen LogP) is 1.23. The van der Waals surface area contributed by atoms with E-state index < -0.39 is 133 Å². The minimum absolute atomic E-state index is 0.159. The zero-order valence-electron chi connectivity index (χ0n) is 45.2. The van der Waals surface area contributed by atoms with Crippen LogP contribution in [-0.2, 0) is 47.8 Å². The summed E-state index contributed by atoms with van der Waals surface area (Å²) in [7, 11) is 7.53. The molecule has 26 heteroatoms. The molecule has 8 amide bonds. The Labute approximate surface area is 459 Å². The van der Waals surface area contributed by atoms with Crippen molar-refractivity contribution in [2.24, 2.45) is 17.8 Å². The maximum atomic E-state index is 15.0. The van der Waals surface area contributed by atoms with E-state index in [1.165, 1.54) is 54.4 Å². The number of nitrogens with one attached hydrogen (secondary N) is 4. The number of hydrogen-bond acceptors (Lipinski definition) is 18. The fourth-order valence-electron chi connectivity index (χ4n) is 8.77. The lowest BCUT2D eigenvalue weighted by molar-refractivity contribution is -0.161. The highest BCUT2D eigenvalue weighted by Gasteiger charge is 2.43. The second-order valence-electron chi connectivity index (χ2n) is 19.9. The van der Waals surface area contributed by atoms with Gasteiger partial charge < -0.3 is 50.3 Å². The van der Waals surface area contributed by atoms with Crippen LogP contribution in [0, 0.1) is 17.8 Å². The van der Waals surface area contributed by atoms with E-state index in [1.54, 1.807) is 69.3 Å². The van der Waals surface area contributed by atoms with Crippen LogP contribution in [0.15, 0.2) is 60.9 Å². The SMILES string of the molecule is CC1NC(=O)C(NC(=O)c2cnc3ccccc3n2)COC(=O)C(C(C)C(C)C)N(C)C(=O)C2CSSCC(C(=O)N(C)C(C(C)C)C(=O)OCC(NC(=O)c3cnc4ccccc4n3)C(=O)NC(C)C(=O)N2C)N(C)C1=O. The molecule has 2 aromatic heterocycles. The summed E-state index contributed by atoms with van der Waals surface area (Å²) in [5, 5.41) is 10.2. The predicted molar refractivity (Wildman–Crippen MR) is 289 cm³/mol. The summed E-state index contributed by atoms with van der Waals surface area (Å²) in [6.45, 7) is 9.80. The van der Waals surface area contributed by atoms with E-state index in [0.717, 1.165) is 41.2 Å². The molecule has 2 bridgehead atoms. The van der Waals surface area contributed by atoms with E-state index in [9.17, 15) is 43.2 Å². The van der Waals surface area contributed by atoms with Crippen LogP contribution in [0.1, 0.15) is 69.4 Å². The van der Waals surface area contributed by atoms with E-state index in [-0.39, 0.29) is 28.8 Å². The standard InChI is InChI=1S/C52H66N12O12S2/c1-26(2)28(5)42-52(74)76-23-38(60-44(66)36-21-54-32-17-13-15-19-34(32)58-36)46(68)56-29(6)47(69)61(8)39-24-77-78-25-40(50(72)64(42)11)62(9)48(70)30(7)55-45(67)37(22-75-51(73)41(27(3)4)63(10)49(39)71)59-43(65)35-20-53-31-16-12-14-18-33(31)57-35/h12-21,26-30,37-42H,22-25H2,1-11H3,(H,55,67)(H,56,68)(H,59,65)(H,60,66). The van der Waals surface area contributed by atoms with Gasteiger partial charge in [-0.15, -0.1) is 0 Å². The smallest absolute Gasteiger partial charge is 0.329 e. The van der Waals surface area contributed by atoms with Crippen molar-refractivity contribution in [2.45, 2.75) is 96.8 Å². The van der Waals surface area contributed by atoms with Gasteiger partial charge >= 0.3 is 11.9 Å². The van der Waals surface area contributed by atoms with Crippen LogP contribution in [0.3, 0.4) is 0 Å². The molecule has 0 radical (unpaired) electrons. The molecular formula is C52H66N12O12S2. The number of fused-ring (bicyclic) bond motifs is 7. The average Bonchev–Trinajstić information content (AvgIpc) is 3.42. The number of likely N-dealkylation sites (N-methyl/N-ethyl adjacent to an activating group) is 4. The third kappa shape index (κ3) is 14.0. The van der Waals surface area contributed by atoms with E-state index in [4.69, 9.17) is 9.47 Å². The molecule has 4 heterocycles. The minimum atomic E-state index is -1.66. The monoisotopic (exact) mass is 1110 g/mol. The lowest BCUT2D eigenvalue weighted by Gasteiger charge is -2.38. The number of para-hydroxylation sites is 4. The number of ether oxygens (including phenoxy) is 2. The molecule has 2 aromatic carbocycles. The molecule has 0 saturated carbocycles. The molecule has 2 saturated heterocycles. The Morgan fingerprint density at radius 2 is 0.936 bits per heavy atom. The van der Waals surface area contributed by atoms with Crippen molar-refractivity contribution >= 4 is 103 Å². The normalized spacial score (nSPS) is 24.8. The van der Waals surface area contributed by atoms with Crippen LogP contribution < -0.4 is 21.3 Å². The van der Waals surface area contributed by atoms with Crippen LogP contribution in [0.2, 0.25) is 0 Å².